The lowest BCUT2D eigenvalue weighted by atomic mass is 10.1. The lowest BCUT2D eigenvalue weighted by Gasteiger charge is -2.18. The van der Waals surface area contributed by atoms with E-state index in [4.69, 9.17) is 9.15 Å². The van der Waals surface area contributed by atoms with Gasteiger partial charge in [0.1, 0.15) is 11.3 Å². The number of aromatic nitrogens is 1. The molecule has 0 bridgehead atoms. The minimum Gasteiger partial charge on any atom is -0.495 e. The predicted molar refractivity (Wildman–Crippen MR) is 139 cm³/mol. The normalized spacial score (nSPS) is 12.9. The minimum atomic E-state index is -1.19. The number of rotatable bonds is 5. The highest BCUT2D eigenvalue weighted by molar-refractivity contribution is 7.13. The summed E-state index contributed by atoms with van der Waals surface area (Å²) in [6.45, 7) is 2.06. The van der Waals surface area contributed by atoms with Crippen molar-refractivity contribution in [3.8, 4) is 27.6 Å². The summed E-state index contributed by atoms with van der Waals surface area (Å²) >= 11 is 1.66. The molecule has 5 aromatic rings. The smallest absolute Gasteiger partial charge is 0.335 e. The van der Waals surface area contributed by atoms with E-state index < -0.39 is 17.8 Å². The Kier molecular flexibility index (Phi) is 5.16. The highest BCUT2D eigenvalue weighted by Gasteiger charge is 2.39. The molecule has 0 spiro atoms. The van der Waals surface area contributed by atoms with E-state index in [1.165, 1.54) is 30.9 Å². The van der Waals surface area contributed by atoms with Crippen LogP contribution >= 0.6 is 11.3 Å². The number of thiophene rings is 1. The number of ether oxygens (including phenoxy) is 1. The lowest BCUT2D eigenvalue weighted by Crippen LogP contribution is -2.29. The largest absolute Gasteiger partial charge is 0.495 e. The van der Waals surface area contributed by atoms with E-state index in [0.717, 1.165) is 15.3 Å². The number of anilines is 1. The zero-order valence-electron chi connectivity index (χ0n) is 19.6. The van der Waals surface area contributed by atoms with Crippen molar-refractivity contribution in [3.63, 3.8) is 0 Å². The number of methoxy groups -OCH3 is 1. The van der Waals surface area contributed by atoms with Crippen LogP contribution in [0.5, 0.6) is 5.75 Å². The summed E-state index contributed by atoms with van der Waals surface area (Å²) in [6, 6.07) is 16.7. The molecule has 1 aliphatic rings. The van der Waals surface area contributed by atoms with Crippen molar-refractivity contribution in [2.75, 3.05) is 12.0 Å². The highest BCUT2D eigenvalue weighted by Crippen LogP contribution is 2.39. The second-order valence-electron chi connectivity index (χ2n) is 8.53. The average Bonchev–Trinajstić information content (AvgIpc) is 3.59. The third kappa shape index (κ3) is 3.59. The van der Waals surface area contributed by atoms with Gasteiger partial charge in [-0.25, -0.2) is 14.7 Å². The Morgan fingerprint density at radius 1 is 0.973 bits per heavy atom. The molecule has 0 fully saturated rings. The number of carbonyl (C=O) groups is 3. The van der Waals surface area contributed by atoms with Crippen molar-refractivity contribution in [1.82, 2.24) is 4.98 Å². The van der Waals surface area contributed by atoms with E-state index in [0.29, 0.717) is 28.3 Å². The Morgan fingerprint density at radius 2 is 1.76 bits per heavy atom. The van der Waals surface area contributed by atoms with Gasteiger partial charge in [-0.15, -0.1) is 11.3 Å². The number of fused-ring (bicyclic) bond motifs is 2. The van der Waals surface area contributed by atoms with Crippen LogP contribution in [0.15, 0.2) is 70.5 Å². The van der Waals surface area contributed by atoms with Crippen LogP contribution in [0.25, 0.3) is 33.0 Å². The van der Waals surface area contributed by atoms with Gasteiger partial charge in [-0.1, -0.05) is 0 Å². The van der Waals surface area contributed by atoms with Gasteiger partial charge in [0.2, 0.25) is 5.89 Å². The Labute approximate surface area is 214 Å². The fraction of sp³-hybridized carbons (Fsp3) is 0.0714. The maximum absolute atomic E-state index is 13.2. The first-order valence-corrected chi connectivity index (χ1v) is 12.1. The Hall–Kier alpha value is -4.76. The SMILES string of the molecule is COc1ccc(-c2nc3cc(-c4sccc4C)ccc3o2)cc1N1C(=O)c2ccc(C(=O)O)cc2C1=O. The van der Waals surface area contributed by atoms with Crippen LogP contribution in [0.2, 0.25) is 0 Å². The van der Waals surface area contributed by atoms with E-state index in [1.807, 2.05) is 23.6 Å². The van der Waals surface area contributed by atoms with Gasteiger partial charge in [-0.05, 0) is 84.1 Å². The molecule has 0 saturated heterocycles. The van der Waals surface area contributed by atoms with Gasteiger partial charge in [0.15, 0.2) is 5.58 Å². The van der Waals surface area contributed by atoms with Crippen LogP contribution in [0.3, 0.4) is 0 Å². The molecule has 3 aromatic carbocycles. The van der Waals surface area contributed by atoms with E-state index in [2.05, 4.69) is 18.0 Å². The molecule has 2 aromatic heterocycles. The van der Waals surface area contributed by atoms with Crippen molar-refractivity contribution in [2.45, 2.75) is 6.92 Å². The second kappa shape index (κ2) is 8.42. The van der Waals surface area contributed by atoms with Gasteiger partial charge in [0.25, 0.3) is 11.8 Å². The fourth-order valence-corrected chi connectivity index (χ4v) is 5.38. The van der Waals surface area contributed by atoms with E-state index in [1.54, 1.807) is 29.5 Å². The fourth-order valence-electron chi connectivity index (χ4n) is 4.45. The van der Waals surface area contributed by atoms with Crippen LogP contribution in [0.1, 0.15) is 36.6 Å². The van der Waals surface area contributed by atoms with Crippen LogP contribution in [0, 0.1) is 6.92 Å². The number of benzene rings is 3. The maximum atomic E-state index is 13.2. The third-order valence-corrected chi connectivity index (χ3v) is 7.38. The van der Waals surface area contributed by atoms with E-state index in [9.17, 15) is 19.5 Å². The van der Waals surface area contributed by atoms with Gasteiger partial charge < -0.3 is 14.3 Å². The molecule has 1 aliphatic heterocycles. The molecule has 0 saturated carbocycles. The molecule has 1 N–H and O–H groups in total. The lowest BCUT2D eigenvalue weighted by molar-refractivity contribution is 0.0696. The topological polar surface area (TPSA) is 110 Å². The molecule has 2 amide bonds. The zero-order chi connectivity index (χ0) is 25.8. The monoisotopic (exact) mass is 510 g/mol. The molecule has 8 nitrogen and oxygen atoms in total. The molecular formula is C28H18N2O6S. The van der Waals surface area contributed by atoms with Crippen molar-refractivity contribution in [3.05, 3.63) is 88.3 Å². The molecule has 0 aliphatic carbocycles. The highest BCUT2D eigenvalue weighted by atomic mass is 32.1. The van der Waals surface area contributed by atoms with Gasteiger partial charge >= 0.3 is 5.97 Å². The van der Waals surface area contributed by atoms with Crippen molar-refractivity contribution < 1.29 is 28.6 Å². The molecule has 9 heteroatoms. The summed E-state index contributed by atoms with van der Waals surface area (Å²) in [4.78, 5) is 44.6. The molecule has 0 atom stereocenters. The van der Waals surface area contributed by atoms with Crippen LogP contribution in [-0.4, -0.2) is 35.0 Å². The van der Waals surface area contributed by atoms with Crippen molar-refractivity contribution in [1.29, 1.82) is 0 Å². The van der Waals surface area contributed by atoms with Crippen LogP contribution in [-0.2, 0) is 0 Å². The van der Waals surface area contributed by atoms with Gasteiger partial charge in [0.05, 0.1) is 29.5 Å². The number of carboxylic acids is 1. The van der Waals surface area contributed by atoms with E-state index in [-0.39, 0.29) is 22.4 Å². The number of amides is 2. The molecule has 182 valence electrons. The minimum absolute atomic E-state index is 0.0237. The molecule has 37 heavy (non-hydrogen) atoms. The molecular weight excluding hydrogens is 492 g/mol. The molecule has 6 rings (SSSR count). The molecule has 3 heterocycles. The number of nitrogens with zero attached hydrogens (tertiary/aromatic N) is 2. The third-order valence-electron chi connectivity index (χ3n) is 6.31. The maximum Gasteiger partial charge on any atom is 0.335 e. The number of carbonyl (C=O) groups excluding carboxylic acids is 2. The predicted octanol–water partition coefficient (Wildman–Crippen LogP) is 6.04. The Balaban J connectivity index is 1.42. The average molecular weight is 511 g/mol. The summed E-state index contributed by atoms with van der Waals surface area (Å²) in [5, 5.41) is 11.3. The second-order valence-corrected chi connectivity index (χ2v) is 9.45. The standard InChI is InChI=1S/C28H18N2O6S/c1-14-9-10-37-24(14)15-4-7-22-20(12-15)29-25(36-22)16-5-8-23(35-2)21(13-16)30-26(31)18-6-3-17(28(33)34)11-19(18)27(30)32/h3-13H,1-2H3,(H,33,34). The number of hydrogen-bond acceptors (Lipinski definition) is 7. The summed E-state index contributed by atoms with van der Waals surface area (Å²) in [5.41, 5.74) is 4.34. The molecule has 0 radical (unpaired) electrons. The first-order chi connectivity index (χ1) is 17.9. The quantitative estimate of drug-likeness (QED) is 0.287. The van der Waals surface area contributed by atoms with Crippen LogP contribution < -0.4 is 9.64 Å². The number of oxazole rings is 1. The number of hydrogen-bond donors (Lipinski definition) is 1. The number of aryl methyl sites for hydroxylation is 1. The van der Waals surface area contributed by atoms with Crippen LogP contribution in [0.4, 0.5) is 5.69 Å². The van der Waals surface area contributed by atoms with Crippen molar-refractivity contribution in [2.24, 2.45) is 0 Å². The summed E-state index contributed by atoms with van der Waals surface area (Å²) in [5.74, 6) is -1.77. The summed E-state index contributed by atoms with van der Waals surface area (Å²) in [7, 11) is 1.44. The van der Waals surface area contributed by atoms with E-state index >= 15 is 0 Å². The number of carboxylic acid groups (broad SMARTS) is 1. The Bertz CT molecular complexity index is 1770. The van der Waals surface area contributed by atoms with Crippen molar-refractivity contribution >= 4 is 45.9 Å². The zero-order valence-corrected chi connectivity index (χ0v) is 20.5. The summed E-state index contributed by atoms with van der Waals surface area (Å²) in [6.07, 6.45) is 0. The molecule has 0 unspecified atom stereocenters. The first kappa shape index (κ1) is 22.7. The number of aromatic carboxylic acids is 1. The van der Waals surface area contributed by atoms with Gasteiger partial charge in [-0.3, -0.25) is 9.59 Å². The van der Waals surface area contributed by atoms with Gasteiger partial charge in [-0.2, -0.15) is 0 Å². The first-order valence-electron chi connectivity index (χ1n) is 11.3. The van der Waals surface area contributed by atoms with Gasteiger partial charge in [0, 0.05) is 10.4 Å². The number of imide groups is 1. The summed E-state index contributed by atoms with van der Waals surface area (Å²) < 4.78 is 11.4. The Morgan fingerprint density at radius 3 is 2.49 bits per heavy atom.